The van der Waals surface area contributed by atoms with Crippen LogP contribution < -0.4 is 5.32 Å². The molecular formula is C8H5F6N3O3. The van der Waals surface area contributed by atoms with Crippen LogP contribution in [0.5, 0.6) is 0 Å². The molecule has 1 atom stereocenters. The van der Waals surface area contributed by atoms with Gasteiger partial charge >= 0.3 is 30.3 Å². The summed E-state index contributed by atoms with van der Waals surface area (Å²) in [5.74, 6) is -3.05. The molecule has 0 radical (unpaired) electrons. The van der Waals surface area contributed by atoms with Gasteiger partial charge in [0.05, 0.1) is 0 Å². The third-order valence-electron chi connectivity index (χ3n) is 2.32. The number of rotatable bonds is 3. The van der Waals surface area contributed by atoms with Crippen molar-refractivity contribution >= 4 is 18.0 Å². The molecular weight excluding hydrogens is 300 g/mol. The number of hydrogen-bond acceptors (Lipinski definition) is 4. The van der Waals surface area contributed by atoms with Crippen LogP contribution in [0.25, 0.3) is 5.53 Å². The standard InChI is InChI=1S/C8H5F6N3O3/c9-7(10,11)6(8(12,13)14)17-4(5(19)20-6)1-3(18)2-16-15/h2,4,17H,1H2/t4-/m0/s1. The van der Waals surface area contributed by atoms with E-state index < -0.39 is 42.3 Å². The van der Waals surface area contributed by atoms with E-state index in [9.17, 15) is 35.9 Å². The molecule has 0 unspecified atom stereocenters. The Morgan fingerprint density at radius 1 is 1.35 bits per heavy atom. The van der Waals surface area contributed by atoms with Gasteiger partial charge in [0.1, 0.15) is 6.04 Å². The van der Waals surface area contributed by atoms with E-state index in [1.54, 1.807) is 0 Å². The van der Waals surface area contributed by atoms with Crippen LogP contribution in [0.1, 0.15) is 6.42 Å². The lowest BCUT2D eigenvalue weighted by Gasteiger charge is -2.31. The van der Waals surface area contributed by atoms with Crippen LogP contribution in [-0.2, 0) is 14.3 Å². The van der Waals surface area contributed by atoms with E-state index >= 15 is 0 Å². The average Bonchev–Trinajstić information content (AvgIpc) is 2.56. The highest BCUT2D eigenvalue weighted by Crippen LogP contribution is 2.46. The number of ether oxygens (including phenoxy) is 1. The third kappa shape index (κ3) is 2.65. The normalized spacial score (nSPS) is 22.1. The lowest BCUT2D eigenvalue weighted by molar-refractivity contribution is -0.369. The second kappa shape index (κ2) is 4.87. The molecule has 1 saturated heterocycles. The van der Waals surface area contributed by atoms with E-state index in [4.69, 9.17) is 5.53 Å². The van der Waals surface area contributed by atoms with Gasteiger partial charge in [0.15, 0.2) is 0 Å². The van der Waals surface area contributed by atoms with Gasteiger partial charge in [-0.15, -0.1) is 0 Å². The highest BCUT2D eigenvalue weighted by Gasteiger charge is 2.78. The van der Waals surface area contributed by atoms with Gasteiger partial charge in [-0.2, -0.15) is 31.1 Å². The SMILES string of the molecule is [N-]=[N+]=CC(=O)C[C@@H]1NC(C(F)(F)F)(C(F)(F)F)OC1=O. The van der Waals surface area contributed by atoms with Crippen LogP contribution in [0.4, 0.5) is 26.3 Å². The van der Waals surface area contributed by atoms with Crippen LogP contribution in [0.3, 0.4) is 0 Å². The molecule has 0 aliphatic carbocycles. The average molecular weight is 305 g/mol. The topological polar surface area (TPSA) is 91.8 Å². The van der Waals surface area contributed by atoms with Gasteiger partial charge in [0.2, 0.25) is 5.78 Å². The fourth-order valence-corrected chi connectivity index (χ4v) is 1.45. The summed E-state index contributed by atoms with van der Waals surface area (Å²) in [4.78, 5) is 24.3. The molecule has 20 heavy (non-hydrogen) atoms. The quantitative estimate of drug-likeness (QED) is 0.271. The van der Waals surface area contributed by atoms with E-state index in [2.05, 4.69) is 9.53 Å². The maximum Gasteiger partial charge on any atom is 0.452 e. The maximum atomic E-state index is 12.5. The van der Waals surface area contributed by atoms with E-state index in [1.807, 2.05) is 0 Å². The minimum Gasteiger partial charge on any atom is -0.424 e. The van der Waals surface area contributed by atoms with Gasteiger partial charge in [-0.25, -0.2) is 0 Å². The fourth-order valence-electron chi connectivity index (χ4n) is 1.45. The molecule has 0 amide bonds. The number of nitrogens with one attached hydrogen (secondary N) is 1. The highest BCUT2D eigenvalue weighted by molar-refractivity contribution is 6.25. The Balaban J connectivity index is 3.08. The molecule has 12 heteroatoms. The van der Waals surface area contributed by atoms with Crippen molar-refractivity contribution in [1.82, 2.24) is 5.32 Å². The van der Waals surface area contributed by atoms with E-state index in [0.717, 1.165) is 5.32 Å². The van der Waals surface area contributed by atoms with E-state index in [1.165, 1.54) is 0 Å². The molecule has 0 aromatic rings. The Morgan fingerprint density at radius 2 is 1.85 bits per heavy atom. The van der Waals surface area contributed by atoms with Crippen molar-refractivity contribution in [1.29, 1.82) is 0 Å². The molecule has 1 aliphatic heterocycles. The maximum absolute atomic E-state index is 12.5. The van der Waals surface area contributed by atoms with Crippen LogP contribution in [-0.4, -0.2) is 46.9 Å². The number of carbonyl (C=O) groups excluding carboxylic acids is 2. The molecule has 0 bridgehead atoms. The first-order valence-electron chi connectivity index (χ1n) is 4.79. The zero-order chi connectivity index (χ0) is 15.8. The number of nitrogens with zero attached hydrogens (tertiary/aromatic N) is 2. The molecule has 1 N–H and O–H groups in total. The first-order valence-corrected chi connectivity index (χ1v) is 4.79. The summed E-state index contributed by atoms with van der Waals surface area (Å²) < 4.78 is 78.6. The van der Waals surface area contributed by atoms with Gasteiger partial charge < -0.3 is 10.3 Å². The van der Waals surface area contributed by atoms with Crippen molar-refractivity contribution in [2.75, 3.05) is 0 Å². The molecule has 0 saturated carbocycles. The van der Waals surface area contributed by atoms with E-state index in [0.29, 0.717) is 0 Å². The van der Waals surface area contributed by atoms with Crippen molar-refractivity contribution in [2.24, 2.45) is 0 Å². The Hall–Kier alpha value is -1.94. The van der Waals surface area contributed by atoms with Gasteiger partial charge in [0, 0.05) is 6.42 Å². The number of halogens is 6. The molecule has 0 aromatic heterocycles. The third-order valence-corrected chi connectivity index (χ3v) is 2.32. The van der Waals surface area contributed by atoms with Crippen molar-refractivity contribution < 1.29 is 45.5 Å². The minimum atomic E-state index is -5.97. The first-order chi connectivity index (χ1) is 8.94. The van der Waals surface area contributed by atoms with Crippen LogP contribution in [0.2, 0.25) is 0 Å². The fraction of sp³-hybridized carbons (Fsp3) is 0.625. The predicted octanol–water partition coefficient (Wildman–Crippen LogP) is 0.582. The minimum absolute atomic E-state index is 0.232. The highest BCUT2D eigenvalue weighted by atomic mass is 19.4. The zero-order valence-corrected chi connectivity index (χ0v) is 9.25. The molecule has 1 fully saturated rings. The number of alkyl halides is 6. The molecule has 1 heterocycles. The summed E-state index contributed by atoms with van der Waals surface area (Å²) in [6.07, 6.45) is -12.8. The summed E-state index contributed by atoms with van der Waals surface area (Å²) >= 11 is 0. The van der Waals surface area contributed by atoms with Gasteiger partial charge in [-0.05, 0) is 0 Å². The van der Waals surface area contributed by atoms with Crippen LogP contribution in [0, 0.1) is 0 Å². The lowest BCUT2D eigenvalue weighted by Crippen LogP contribution is -2.65. The monoisotopic (exact) mass is 305 g/mol. The van der Waals surface area contributed by atoms with E-state index in [-0.39, 0.29) is 6.21 Å². The molecule has 6 nitrogen and oxygen atoms in total. The number of Topliss-reactive ketones (excluding diaryl/α,β-unsaturated/α-hetero) is 1. The molecule has 112 valence electrons. The van der Waals surface area contributed by atoms with Crippen LogP contribution in [0.15, 0.2) is 0 Å². The molecule has 0 aromatic carbocycles. The lowest BCUT2D eigenvalue weighted by atomic mass is 10.1. The summed E-state index contributed by atoms with van der Waals surface area (Å²) in [7, 11) is 0. The first kappa shape index (κ1) is 16.1. The smallest absolute Gasteiger partial charge is 0.424 e. The summed E-state index contributed by atoms with van der Waals surface area (Å²) in [5, 5.41) is 0.938. The summed E-state index contributed by atoms with van der Waals surface area (Å²) in [5.41, 5.74) is 3.13. The summed E-state index contributed by atoms with van der Waals surface area (Å²) in [6.45, 7) is 0. The van der Waals surface area contributed by atoms with Gasteiger partial charge in [0.25, 0.3) is 0 Å². The van der Waals surface area contributed by atoms with Crippen molar-refractivity contribution in [3.8, 4) is 0 Å². The Bertz CT molecular complexity index is 465. The Morgan fingerprint density at radius 3 is 2.20 bits per heavy atom. The number of esters is 1. The second-order valence-electron chi connectivity index (χ2n) is 3.71. The van der Waals surface area contributed by atoms with Gasteiger partial charge in [-0.1, -0.05) is 0 Å². The molecule has 1 rings (SSSR count). The zero-order valence-electron chi connectivity index (χ0n) is 9.25. The van der Waals surface area contributed by atoms with Crippen molar-refractivity contribution in [3.05, 3.63) is 5.53 Å². The van der Waals surface area contributed by atoms with Gasteiger partial charge in [-0.3, -0.25) is 14.9 Å². The van der Waals surface area contributed by atoms with Crippen molar-refractivity contribution in [2.45, 2.75) is 30.5 Å². The number of carbonyl (C=O) groups is 2. The predicted molar refractivity (Wildman–Crippen MR) is 47.2 cm³/mol. The molecule has 1 aliphatic rings. The number of cyclic esters (lactones) is 1. The Labute approximate surface area is 106 Å². The number of hydrogen-bond donors (Lipinski definition) is 1. The summed E-state index contributed by atoms with van der Waals surface area (Å²) in [6, 6.07) is -2.16. The van der Waals surface area contributed by atoms with Crippen LogP contribution >= 0.6 is 0 Å². The van der Waals surface area contributed by atoms with Crippen molar-refractivity contribution in [3.63, 3.8) is 0 Å². The molecule has 0 spiro atoms. The largest absolute Gasteiger partial charge is 0.452 e. The number of ketones is 1. The Kier molecular flexibility index (Phi) is 3.92. The second-order valence-corrected chi connectivity index (χ2v) is 3.71.